The van der Waals surface area contributed by atoms with Crippen molar-refractivity contribution in [1.29, 1.82) is 0 Å². The molecular formula is C17H18ClN2O4S-. The number of nitrogens with zero attached hydrogens (tertiary/aromatic N) is 1. The van der Waals surface area contributed by atoms with Gasteiger partial charge in [0.25, 0.3) is 10.0 Å². The predicted molar refractivity (Wildman–Crippen MR) is 97.3 cm³/mol. The summed E-state index contributed by atoms with van der Waals surface area (Å²) in [7, 11) is -3.90. The fourth-order valence-corrected chi connectivity index (χ4v) is 4.79. The number of fused-ring (bicyclic) bond motifs is 1. The third kappa shape index (κ3) is 3.65. The molecule has 0 unspecified atom stereocenters. The molecule has 0 amide bonds. The topological polar surface area (TPSA) is 87.9 Å². The summed E-state index contributed by atoms with van der Waals surface area (Å²) in [6.45, 7) is 0.350. The Kier molecular flexibility index (Phi) is 5.31. The Hall–Kier alpha value is -1.64. The van der Waals surface area contributed by atoms with Crippen LogP contribution in [0.4, 0.5) is 11.4 Å². The van der Waals surface area contributed by atoms with E-state index < -0.39 is 15.2 Å². The maximum absolute atomic E-state index is 13.2. The van der Waals surface area contributed by atoms with E-state index in [1.54, 1.807) is 12.1 Å². The molecule has 3 rings (SSSR count). The summed E-state index contributed by atoms with van der Waals surface area (Å²) in [4.78, 5) is -0.105. The van der Waals surface area contributed by atoms with Gasteiger partial charge in [0.15, 0.2) is 5.69 Å². The standard InChI is InChI=1S/C17H18ClN2O4S/c18-15-10-9-14(12-17(15)20(21)22)25(23,24)19-11-5-1-2-6-13-7-3-4-8-16(13)19/h3-4,7-10,12,20H,1-2,5-6,11H2/q-1. The van der Waals surface area contributed by atoms with Crippen molar-refractivity contribution in [3.8, 4) is 0 Å². The summed E-state index contributed by atoms with van der Waals surface area (Å²) in [5.41, 5.74) is 1.29. The highest BCUT2D eigenvalue weighted by atomic mass is 35.5. The SMILES string of the molecule is O=S(=O)(c1ccc(Cl)c([NH+]([O-])[O-])c1)N1CCCCCc2ccccc21. The van der Waals surface area contributed by atoms with Crippen molar-refractivity contribution in [1.82, 2.24) is 0 Å². The molecule has 0 atom stereocenters. The van der Waals surface area contributed by atoms with Gasteiger partial charge in [0.1, 0.15) is 5.02 Å². The summed E-state index contributed by atoms with van der Waals surface area (Å²) in [5, 5.41) is 20.8. The summed E-state index contributed by atoms with van der Waals surface area (Å²) < 4.78 is 27.7. The first-order chi connectivity index (χ1) is 11.9. The summed E-state index contributed by atoms with van der Waals surface area (Å²) in [5.74, 6) is 0. The van der Waals surface area contributed by atoms with Crippen LogP contribution in [0.25, 0.3) is 0 Å². The van der Waals surface area contributed by atoms with Crippen molar-refractivity contribution < 1.29 is 13.6 Å². The number of hydrogen-bond donors (Lipinski definition) is 1. The number of aryl methyl sites for hydroxylation is 1. The van der Waals surface area contributed by atoms with Crippen molar-refractivity contribution in [3.63, 3.8) is 0 Å². The zero-order valence-corrected chi connectivity index (χ0v) is 15.0. The van der Waals surface area contributed by atoms with Crippen molar-refractivity contribution in [2.24, 2.45) is 0 Å². The van der Waals surface area contributed by atoms with Gasteiger partial charge in [-0.3, -0.25) is 4.31 Å². The summed E-state index contributed by atoms with van der Waals surface area (Å²) in [6, 6.07) is 11.1. The van der Waals surface area contributed by atoms with Crippen molar-refractivity contribution in [2.75, 3.05) is 10.8 Å². The van der Waals surface area contributed by atoms with Crippen LogP contribution in [0.15, 0.2) is 47.4 Å². The second kappa shape index (κ2) is 7.31. The molecule has 134 valence electrons. The summed E-state index contributed by atoms with van der Waals surface area (Å²) in [6.07, 6.45) is 3.51. The summed E-state index contributed by atoms with van der Waals surface area (Å²) >= 11 is 5.83. The van der Waals surface area contributed by atoms with Crippen LogP contribution in [0.1, 0.15) is 24.8 Å². The Morgan fingerprint density at radius 1 is 1.04 bits per heavy atom. The highest BCUT2D eigenvalue weighted by Crippen LogP contribution is 2.32. The highest BCUT2D eigenvalue weighted by Gasteiger charge is 2.28. The molecule has 0 bridgehead atoms. The lowest BCUT2D eigenvalue weighted by molar-refractivity contribution is -0.715. The van der Waals surface area contributed by atoms with Gasteiger partial charge in [0, 0.05) is 12.6 Å². The third-order valence-corrected chi connectivity index (χ3v) is 6.45. The molecule has 0 saturated heterocycles. The van der Waals surface area contributed by atoms with Crippen LogP contribution in [0.2, 0.25) is 5.02 Å². The minimum atomic E-state index is -3.90. The van der Waals surface area contributed by atoms with E-state index in [0.717, 1.165) is 37.3 Å². The highest BCUT2D eigenvalue weighted by molar-refractivity contribution is 7.92. The number of benzene rings is 2. The van der Waals surface area contributed by atoms with Gasteiger partial charge in [-0.2, -0.15) is 0 Å². The molecule has 1 N–H and O–H groups in total. The molecule has 2 aromatic carbocycles. The maximum atomic E-state index is 13.2. The van der Waals surface area contributed by atoms with E-state index in [1.165, 1.54) is 16.4 Å². The molecule has 8 heteroatoms. The van der Waals surface area contributed by atoms with E-state index in [2.05, 4.69) is 0 Å². The molecule has 1 heterocycles. The molecule has 0 aliphatic carbocycles. The molecule has 2 aromatic rings. The van der Waals surface area contributed by atoms with E-state index in [9.17, 15) is 18.8 Å². The molecule has 25 heavy (non-hydrogen) atoms. The number of hydrogen-bond acceptors (Lipinski definition) is 4. The maximum Gasteiger partial charge on any atom is 0.264 e. The molecule has 1 aliphatic heterocycles. The second-order valence-corrected chi connectivity index (χ2v) is 8.22. The molecule has 0 spiro atoms. The van der Waals surface area contributed by atoms with E-state index in [4.69, 9.17) is 11.6 Å². The van der Waals surface area contributed by atoms with Crippen LogP contribution in [0, 0.1) is 10.4 Å². The quantitative estimate of drug-likeness (QED) is 0.828. The number of nitrogens with one attached hydrogen (secondary N) is 1. The molecule has 0 fully saturated rings. The van der Waals surface area contributed by atoms with Gasteiger partial charge in [-0.25, -0.2) is 8.42 Å². The molecule has 1 aliphatic rings. The van der Waals surface area contributed by atoms with Crippen LogP contribution in [0.5, 0.6) is 0 Å². The van der Waals surface area contributed by atoms with Gasteiger partial charge >= 0.3 is 0 Å². The van der Waals surface area contributed by atoms with Gasteiger partial charge in [0.2, 0.25) is 0 Å². The third-order valence-electron chi connectivity index (χ3n) is 4.31. The molecular weight excluding hydrogens is 364 g/mol. The van der Waals surface area contributed by atoms with Crippen molar-refractivity contribution >= 4 is 33.0 Å². The monoisotopic (exact) mass is 381 g/mol. The van der Waals surface area contributed by atoms with Gasteiger partial charge < -0.3 is 15.6 Å². The molecule has 0 aromatic heterocycles. The predicted octanol–water partition coefficient (Wildman–Crippen LogP) is 2.77. The first-order valence-electron chi connectivity index (χ1n) is 8.03. The number of halogens is 1. The lowest BCUT2D eigenvalue weighted by atomic mass is 10.0. The number of sulfonamides is 1. The van der Waals surface area contributed by atoms with Gasteiger partial charge in [-0.15, -0.1) is 0 Å². The Morgan fingerprint density at radius 3 is 2.56 bits per heavy atom. The Labute approximate surface area is 151 Å². The zero-order chi connectivity index (χ0) is 18.0. The first-order valence-corrected chi connectivity index (χ1v) is 9.84. The number of rotatable bonds is 3. The number of quaternary nitrogens is 1. The van der Waals surface area contributed by atoms with Gasteiger partial charge in [0.05, 0.1) is 10.6 Å². The smallest absolute Gasteiger partial charge is 0.264 e. The van der Waals surface area contributed by atoms with Crippen molar-refractivity contribution in [2.45, 2.75) is 30.6 Å². The largest absolute Gasteiger partial charge is 0.628 e. The number of para-hydroxylation sites is 1. The zero-order valence-electron chi connectivity index (χ0n) is 13.4. The van der Waals surface area contributed by atoms with E-state index in [0.29, 0.717) is 12.2 Å². The van der Waals surface area contributed by atoms with E-state index in [1.807, 2.05) is 12.1 Å². The van der Waals surface area contributed by atoms with Crippen LogP contribution >= 0.6 is 11.6 Å². The van der Waals surface area contributed by atoms with Crippen LogP contribution in [0.3, 0.4) is 0 Å². The molecule has 0 saturated carbocycles. The molecule has 6 nitrogen and oxygen atoms in total. The average Bonchev–Trinajstić information content (AvgIpc) is 2.55. The second-order valence-electron chi connectivity index (χ2n) is 5.95. The Balaban J connectivity index is 2.10. The van der Waals surface area contributed by atoms with Gasteiger partial charge in [-0.05, 0) is 43.0 Å². The molecule has 0 radical (unpaired) electrons. The van der Waals surface area contributed by atoms with Gasteiger partial charge in [-0.1, -0.05) is 36.2 Å². The minimum absolute atomic E-state index is 0.0491. The van der Waals surface area contributed by atoms with Crippen molar-refractivity contribution in [3.05, 3.63) is 63.5 Å². The fraction of sp³-hybridized carbons (Fsp3) is 0.294. The fourth-order valence-electron chi connectivity index (χ4n) is 3.03. The minimum Gasteiger partial charge on any atom is -0.628 e. The van der Waals surface area contributed by atoms with E-state index in [-0.39, 0.29) is 15.6 Å². The van der Waals surface area contributed by atoms with Crippen LogP contribution < -0.4 is 9.53 Å². The van der Waals surface area contributed by atoms with Crippen LogP contribution in [-0.2, 0) is 16.4 Å². The van der Waals surface area contributed by atoms with E-state index >= 15 is 0 Å². The Morgan fingerprint density at radius 2 is 1.80 bits per heavy atom. The Bertz CT molecular complexity index is 871. The van der Waals surface area contributed by atoms with Crippen LogP contribution in [-0.4, -0.2) is 15.0 Å². The normalized spacial score (nSPS) is 15.6. The lowest BCUT2D eigenvalue weighted by Crippen LogP contribution is -2.96. The first kappa shape index (κ1) is 18.2. The average molecular weight is 382 g/mol. The lowest BCUT2D eigenvalue weighted by Gasteiger charge is -2.30. The number of anilines is 1.